The minimum atomic E-state index is -3.80. The number of carbonyl (C=O) groups is 1. The standard InChI is InChI=1S/C16H25FN4O3S2/c1-6-21(7-2)26(23,24)11-8-9-13(17)12(10-11)14(22)19-20-15(25)18-16(3,4)5/h8-10H,6-7H2,1-5H3,(H,19,22)(H2,18,20,25). The fourth-order valence-electron chi connectivity index (χ4n) is 2.10. The van der Waals surface area contributed by atoms with E-state index in [1.54, 1.807) is 13.8 Å². The average molecular weight is 405 g/mol. The third-order valence-corrected chi connectivity index (χ3v) is 5.55. The van der Waals surface area contributed by atoms with Crippen molar-refractivity contribution in [1.29, 1.82) is 0 Å². The molecule has 3 N–H and O–H groups in total. The Balaban J connectivity index is 3.00. The Morgan fingerprint density at radius 1 is 1.19 bits per heavy atom. The molecule has 0 saturated carbocycles. The monoisotopic (exact) mass is 404 g/mol. The molecule has 1 aromatic carbocycles. The minimum Gasteiger partial charge on any atom is -0.357 e. The maximum Gasteiger partial charge on any atom is 0.272 e. The molecule has 0 spiro atoms. The van der Waals surface area contributed by atoms with Crippen molar-refractivity contribution in [2.24, 2.45) is 0 Å². The van der Waals surface area contributed by atoms with Crippen LogP contribution >= 0.6 is 12.2 Å². The van der Waals surface area contributed by atoms with Crippen LogP contribution in [0.2, 0.25) is 0 Å². The number of hydrogen-bond donors (Lipinski definition) is 3. The second kappa shape index (κ2) is 8.74. The van der Waals surface area contributed by atoms with Gasteiger partial charge in [-0.3, -0.25) is 15.6 Å². The molecule has 0 unspecified atom stereocenters. The van der Waals surface area contributed by atoms with E-state index < -0.39 is 27.3 Å². The Hall–Kier alpha value is -1.78. The van der Waals surface area contributed by atoms with Crippen molar-refractivity contribution in [1.82, 2.24) is 20.5 Å². The molecule has 0 bridgehead atoms. The predicted molar refractivity (Wildman–Crippen MR) is 103 cm³/mol. The number of sulfonamides is 1. The van der Waals surface area contributed by atoms with Gasteiger partial charge in [-0.05, 0) is 51.2 Å². The zero-order valence-corrected chi connectivity index (χ0v) is 17.1. The van der Waals surface area contributed by atoms with Gasteiger partial charge in [-0.2, -0.15) is 4.31 Å². The molecule has 0 heterocycles. The highest BCUT2D eigenvalue weighted by Crippen LogP contribution is 2.19. The second-order valence-corrected chi connectivity index (χ2v) is 8.86. The lowest BCUT2D eigenvalue weighted by Gasteiger charge is -2.23. The van der Waals surface area contributed by atoms with E-state index in [2.05, 4.69) is 16.2 Å². The summed E-state index contributed by atoms with van der Waals surface area (Å²) in [6.45, 7) is 9.58. The Kier molecular flexibility index (Phi) is 7.48. The lowest BCUT2D eigenvalue weighted by molar-refractivity contribution is 0.0939. The summed E-state index contributed by atoms with van der Waals surface area (Å²) >= 11 is 5.02. The highest BCUT2D eigenvalue weighted by atomic mass is 32.2. The van der Waals surface area contributed by atoms with Gasteiger partial charge in [0.05, 0.1) is 10.5 Å². The van der Waals surface area contributed by atoms with Crippen LogP contribution in [0, 0.1) is 5.82 Å². The van der Waals surface area contributed by atoms with Gasteiger partial charge in [0.25, 0.3) is 5.91 Å². The summed E-state index contributed by atoms with van der Waals surface area (Å²) in [6.07, 6.45) is 0. The molecular weight excluding hydrogens is 379 g/mol. The van der Waals surface area contributed by atoms with Crippen LogP contribution in [-0.2, 0) is 10.0 Å². The summed E-state index contributed by atoms with van der Waals surface area (Å²) in [5.74, 6) is -1.67. The van der Waals surface area contributed by atoms with Gasteiger partial charge in [0.2, 0.25) is 10.0 Å². The number of thiocarbonyl (C=S) groups is 1. The van der Waals surface area contributed by atoms with Crippen LogP contribution in [0.3, 0.4) is 0 Å². The number of rotatable bonds is 5. The molecule has 0 aliphatic heterocycles. The average Bonchev–Trinajstić information content (AvgIpc) is 2.52. The molecule has 1 amide bonds. The van der Waals surface area contributed by atoms with Crippen molar-refractivity contribution in [2.75, 3.05) is 13.1 Å². The molecule has 0 fully saturated rings. The fourth-order valence-corrected chi connectivity index (χ4v) is 3.95. The smallest absolute Gasteiger partial charge is 0.272 e. The topological polar surface area (TPSA) is 90.5 Å². The molecule has 0 aliphatic carbocycles. The van der Waals surface area contributed by atoms with Crippen LogP contribution in [0.4, 0.5) is 4.39 Å². The zero-order chi connectivity index (χ0) is 20.1. The molecule has 0 aliphatic rings. The Labute approximate surface area is 159 Å². The van der Waals surface area contributed by atoms with Gasteiger partial charge in [-0.25, -0.2) is 12.8 Å². The number of benzene rings is 1. The largest absolute Gasteiger partial charge is 0.357 e. The summed E-state index contributed by atoms with van der Waals surface area (Å²) in [4.78, 5) is 12.1. The van der Waals surface area contributed by atoms with Crippen LogP contribution in [0.5, 0.6) is 0 Å². The quantitative estimate of drug-likeness (QED) is 0.512. The van der Waals surface area contributed by atoms with Crippen molar-refractivity contribution in [2.45, 2.75) is 45.1 Å². The van der Waals surface area contributed by atoms with Gasteiger partial charge in [0.1, 0.15) is 5.82 Å². The molecule has 146 valence electrons. The van der Waals surface area contributed by atoms with Gasteiger partial charge < -0.3 is 5.32 Å². The first-order valence-corrected chi connectivity index (χ1v) is 9.95. The Morgan fingerprint density at radius 3 is 2.27 bits per heavy atom. The summed E-state index contributed by atoms with van der Waals surface area (Å²) in [7, 11) is -3.80. The number of hydrogen-bond acceptors (Lipinski definition) is 4. The van der Waals surface area contributed by atoms with Gasteiger partial charge in [-0.15, -0.1) is 0 Å². The van der Waals surface area contributed by atoms with Gasteiger partial charge in [0.15, 0.2) is 5.11 Å². The summed E-state index contributed by atoms with van der Waals surface area (Å²) in [5.41, 5.74) is 4.00. The van der Waals surface area contributed by atoms with E-state index in [1.807, 2.05) is 20.8 Å². The van der Waals surface area contributed by atoms with E-state index in [-0.39, 0.29) is 28.6 Å². The van der Waals surface area contributed by atoms with Crippen molar-refractivity contribution in [3.05, 3.63) is 29.6 Å². The first-order valence-electron chi connectivity index (χ1n) is 8.10. The number of amides is 1. The molecular formula is C16H25FN4O3S2. The maximum atomic E-state index is 14.0. The van der Waals surface area contributed by atoms with Crippen LogP contribution in [0.25, 0.3) is 0 Å². The first-order chi connectivity index (χ1) is 11.9. The molecule has 26 heavy (non-hydrogen) atoms. The third-order valence-electron chi connectivity index (χ3n) is 3.30. The normalized spacial score (nSPS) is 12.0. The van der Waals surface area contributed by atoms with Crippen LogP contribution < -0.4 is 16.2 Å². The van der Waals surface area contributed by atoms with E-state index >= 15 is 0 Å². The van der Waals surface area contributed by atoms with E-state index in [4.69, 9.17) is 12.2 Å². The Morgan fingerprint density at radius 2 is 1.77 bits per heavy atom. The number of carbonyl (C=O) groups excluding carboxylic acids is 1. The first kappa shape index (κ1) is 22.3. The number of hydrazine groups is 1. The molecule has 0 radical (unpaired) electrons. The number of nitrogens with one attached hydrogen (secondary N) is 3. The van der Waals surface area contributed by atoms with E-state index in [1.165, 1.54) is 4.31 Å². The fraction of sp³-hybridized carbons (Fsp3) is 0.500. The lowest BCUT2D eigenvalue weighted by atomic mass is 10.1. The van der Waals surface area contributed by atoms with Crippen molar-refractivity contribution in [3.63, 3.8) is 0 Å². The van der Waals surface area contributed by atoms with Gasteiger partial charge >= 0.3 is 0 Å². The van der Waals surface area contributed by atoms with Crippen LogP contribution in [0.1, 0.15) is 45.0 Å². The Bertz CT molecular complexity index is 772. The van der Waals surface area contributed by atoms with Crippen LogP contribution in [-0.4, -0.2) is 42.4 Å². The second-order valence-electron chi connectivity index (χ2n) is 6.51. The predicted octanol–water partition coefficient (Wildman–Crippen LogP) is 1.76. The minimum absolute atomic E-state index is 0.150. The molecule has 1 aromatic rings. The summed E-state index contributed by atoms with van der Waals surface area (Å²) in [5, 5.41) is 3.07. The molecule has 10 heteroatoms. The summed E-state index contributed by atoms with van der Waals surface area (Å²) in [6, 6.07) is 3.11. The van der Waals surface area contributed by atoms with Crippen LogP contribution in [0.15, 0.2) is 23.1 Å². The molecule has 7 nitrogen and oxygen atoms in total. The molecule has 1 rings (SSSR count). The lowest BCUT2D eigenvalue weighted by Crippen LogP contribution is -2.52. The highest BCUT2D eigenvalue weighted by molar-refractivity contribution is 7.89. The number of halogens is 1. The summed E-state index contributed by atoms with van der Waals surface area (Å²) < 4.78 is 40.3. The SMILES string of the molecule is CCN(CC)S(=O)(=O)c1ccc(F)c(C(=O)NNC(=S)NC(C)(C)C)c1. The van der Waals surface area contributed by atoms with Crippen molar-refractivity contribution in [3.8, 4) is 0 Å². The molecule has 0 atom stereocenters. The van der Waals surface area contributed by atoms with E-state index in [9.17, 15) is 17.6 Å². The van der Waals surface area contributed by atoms with Gasteiger partial charge in [0, 0.05) is 18.6 Å². The maximum absolute atomic E-state index is 14.0. The zero-order valence-electron chi connectivity index (χ0n) is 15.5. The number of nitrogens with zero attached hydrogens (tertiary/aromatic N) is 1. The van der Waals surface area contributed by atoms with E-state index in [0.29, 0.717) is 0 Å². The van der Waals surface area contributed by atoms with E-state index in [0.717, 1.165) is 18.2 Å². The van der Waals surface area contributed by atoms with Gasteiger partial charge in [-0.1, -0.05) is 13.8 Å². The molecule has 0 aromatic heterocycles. The van der Waals surface area contributed by atoms with Crippen molar-refractivity contribution < 1.29 is 17.6 Å². The molecule has 0 saturated heterocycles. The highest BCUT2D eigenvalue weighted by Gasteiger charge is 2.24. The van der Waals surface area contributed by atoms with Crippen molar-refractivity contribution >= 4 is 33.3 Å². The third kappa shape index (κ3) is 5.89.